The van der Waals surface area contributed by atoms with Gasteiger partial charge in [-0.2, -0.15) is 0 Å². The van der Waals surface area contributed by atoms with Crippen LogP contribution in [-0.4, -0.2) is 35.1 Å². The van der Waals surface area contributed by atoms with Gasteiger partial charge in [0.15, 0.2) is 11.6 Å². The van der Waals surface area contributed by atoms with E-state index in [2.05, 4.69) is 14.9 Å². The van der Waals surface area contributed by atoms with Gasteiger partial charge in [-0.05, 0) is 42.4 Å². The zero-order valence-corrected chi connectivity index (χ0v) is 14.1. The van der Waals surface area contributed by atoms with Gasteiger partial charge in [0.05, 0.1) is 5.69 Å². The zero-order valence-electron chi connectivity index (χ0n) is 13.3. The smallest absolute Gasteiger partial charge is 0.264 e. The number of aromatic nitrogens is 2. The number of aryl methyl sites for hydroxylation is 1. The standard InChI is InChI=1S/C16H18F2N4OS/c1-2-14-15(24-21-20-14)16(23)19-8-10-5-6-22(9-10)11-3-4-12(17)13(18)7-11/h3-4,7,10H,2,5-6,8-9H2,1H3,(H,19,23). The van der Waals surface area contributed by atoms with E-state index in [1.807, 2.05) is 11.8 Å². The number of carbonyl (C=O) groups excluding carboxylic acids is 1. The maximum absolute atomic E-state index is 13.3. The second-order valence-electron chi connectivity index (χ2n) is 5.81. The lowest BCUT2D eigenvalue weighted by molar-refractivity contribution is 0.0951. The van der Waals surface area contributed by atoms with E-state index in [1.165, 1.54) is 6.07 Å². The van der Waals surface area contributed by atoms with Crippen LogP contribution in [0.3, 0.4) is 0 Å². The first-order chi connectivity index (χ1) is 11.6. The van der Waals surface area contributed by atoms with Crippen molar-refractivity contribution in [1.29, 1.82) is 0 Å². The van der Waals surface area contributed by atoms with Crippen LogP contribution in [0.1, 0.15) is 28.7 Å². The quantitative estimate of drug-likeness (QED) is 0.899. The summed E-state index contributed by atoms with van der Waals surface area (Å²) in [5.74, 6) is -1.55. The number of hydrogen-bond donors (Lipinski definition) is 1. The van der Waals surface area contributed by atoms with Crippen LogP contribution in [0, 0.1) is 17.6 Å². The highest BCUT2D eigenvalue weighted by Crippen LogP contribution is 2.25. The van der Waals surface area contributed by atoms with Crippen LogP contribution >= 0.6 is 11.5 Å². The number of hydrogen-bond acceptors (Lipinski definition) is 5. The number of benzene rings is 1. The van der Waals surface area contributed by atoms with E-state index >= 15 is 0 Å². The molecule has 1 aliphatic heterocycles. The van der Waals surface area contributed by atoms with Crippen LogP contribution in [0.2, 0.25) is 0 Å². The molecule has 1 aromatic heterocycles. The summed E-state index contributed by atoms with van der Waals surface area (Å²) in [5, 5.41) is 6.86. The Morgan fingerprint density at radius 3 is 3.00 bits per heavy atom. The van der Waals surface area contributed by atoms with E-state index in [4.69, 9.17) is 0 Å². The van der Waals surface area contributed by atoms with Crippen LogP contribution < -0.4 is 10.2 Å². The SMILES string of the molecule is CCc1nnsc1C(=O)NCC1CCN(c2ccc(F)c(F)c2)C1. The third kappa shape index (κ3) is 3.53. The Balaban J connectivity index is 1.54. The van der Waals surface area contributed by atoms with Crippen molar-refractivity contribution in [2.45, 2.75) is 19.8 Å². The number of nitrogens with zero attached hydrogens (tertiary/aromatic N) is 3. The molecule has 24 heavy (non-hydrogen) atoms. The van der Waals surface area contributed by atoms with Gasteiger partial charge >= 0.3 is 0 Å². The molecule has 1 unspecified atom stereocenters. The van der Waals surface area contributed by atoms with Crippen molar-refractivity contribution in [3.63, 3.8) is 0 Å². The van der Waals surface area contributed by atoms with Crippen LogP contribution in [0.4, 0.5) is 14.5 Å². The van der Waals surface area contributed by atoms with Crippen molar-refractivity contribution in [2.75, 3.05) is 24.5 Å². The highest BCUT2D eigenvalue weighted by Gasteiger charge is 2.24. The summed E-state index contributed by atoms with van der Waals surface area (Å²) in [5.41, 5.74) is 1.38. The molecule has 1 fully saturated rings. The topological polar surface area (TPSA) is 58.1 Å². The molecule has 0 spiro atoms. The first-order valence-corrected chi connectivity index (χ1v) is 8.65. The Morgan fingerprint density at radius 2 is 2.25 bits per heavy atom. The van der Waals surface area contributed by atoms with Gasteiger partial charge < -0.3 is 10.2 Å². The molecule has 128 valence electrons. The molecule has 3 rings (SSSR count). The molecule has 0 radical (unpaired) electrons. The summed E-state index contributed by atoms with van der Waals surface area (Å²) in [6.07, 6.45) is 1.56. The predicted molar refractivity (Wildman–Crippen MR) is 88.3 cm³/mol. The molecule has 1 aliphatic rings. The molecule has 2 aromatic rings. The summed E-state index contributed by atoms with van der Waals surface area (Å²) in [7, 11) is 0. The van der Waals surface area contributed by atoms with Gasteiger partial charge in [-0.1, -0.05) is 11.4 Å². The average molecular weight is 352 g/mol. The zero-order chi connectivity index (χ0) is 17.1. The third-order valence-corrected chi connectivity index (χ3v) is 4.97. The molecule has 8 heteroatoms. The van der Waals surface area contributed by atoms with Crippen molar-refractivity contribution in [3.8, 4) is 0 Å². The first kappa shape index (κ1) is 16.8. The minimum atomic E-state index is -0.841. The molecule has 0 aliphatic carbocycles. The number of halogens is 2. The second kappa shape index (κ2) is 7.21. The third-order valence-electron chi connectivity index (χ3n) is 4.20. The van der Waals surface area contributed by atoms with Gasteiger partial charge in [-0.3, -0.25) is 4.79 Å². The van der Waals surface area contributed by atoms with E-state index in [9.17, 15) is 13.6 Å². The predicted octanol–water partition coefficient (Wildman–Crippen LogP) is 2.64. The van der Waals surface area contributed by atoms with Crippen molar-refractivity contribution < 1.29 is 13.6 Å². The molecule has 1 atom stereocenters. The highest BCUT2D eigenvalue weighted by molar-refractivity contribution is 7.08. The summed E-state index contributed by atoms with van der Waals surface area (Å²) in [6.45, 7) is 3.94. The van der Waals surface area contributed by atoms with Crippen LogP contribution in [0.25, 0.3) is 0 Å². The number of carbonyl (C=O) groups is 1. The summed E-state index contributed by atoms with van der Waals surface area (Å²) < 4.78 is 30.2. The fraction of sp³-hybridized carbons (Fsp3) is 0.438. The molecular weight excluding hydrogens is 334 g/mol. The Morgan fingerprint density at radius 1 is 1.42 bits per heavy atom. The maximum atomic E-state index is 13.3. The fourth-order valence-electron chi connectivity index (χ4n) is 2.85. The second-order valence-corrected chi connectivity index (χ2v) is 6.57. The number of anilines is 1. The van der Waals surface area contributed by atoms with Gasteiger partial charge in [0, 0.05) is 31.4 Å². The molecule has 0 bridgehead atoms. The average Bonchev–Trinajstić information content (AvgIpc) is 3.24. The Bertz CT molecular complexity index is 737. The normalized spacial score (nSPS) is 17.3. The Labute approximate surface area is 142 Å². The minimum absolute atomic E-state index is 0.145. The molecule has 1 amide bonds. The monoisotopic (exact) mass is 352 g/mol. The lowest BCUT2D eigenvalue weighted by Gasteiger charge is -2.19. The molecule has 2 heterocycles. The van der Waals surface area contributed by atoms with Crippen molar-refractivity contribution in [3.05, 3.63) is 40.4 Å². The van der Waals surface area contributed by atoms with E-state index in [0.717, 1.165) is 30.6 Å². The van der Waals surface area contributed by atoms with Crippen LogP contribution in [-0.2, 0) is 6.42 Å². The Hall–Kier alpha value is -2.09. The fourth-order valence-corrected chi connectivity index (χ4v) is 3.51. The van der Waals surface area contributed by atoms with Gasteiger partial charge in [-0.25, -0.2) is 8.78 Å². The lowest BCUT2D eigenvalue weighted by Crippen LogP contribution is -2.31. The van der Waals surface area contributed by atoms with Gasteiger partial charge in [0.25, 0.3) is 5.91 Å². The van der Waals surface area contributed by atoms with Gasteiger partial charge in [-0.15, -0.1) is 5.10 Å². The lowest BCUT2D eigenvalue weighted by atomic mass is 10.1. The van der Waals surface area contributed by atoms with Gasteiger partial charge in [0.1, 0.15) is 4.88 Å². The van der Waals surface area contributed by atoms with Crippen molar-refractivity contribution in [2.24, 2.45) is 5.92 Å². The van der Waals surface area contributed by atoms with E-state index < -0.39 is 11.6 Å². The molecule has 1 aromatic carbocycles. The molecule has 1 saturated heterocycles. The summed E-state index contributed by atoms with van der Waals surface area (Å²) >= 11 is 1.10. The van der Waals surface area contributed by atoms with Crippen LogP contribution in [0.5, 0.6) is 0 Å². The maximum Gasteiger partial charge on any atom is 0.264 e. The molecule has 1 N–H and O–H groups in total. The highest BCUT2D eigenvalue weighted by atomic mass is 32.1. The number of nitrogens with one attached hydrogen (secondary N) is 1. The Kier molecular flexibility index (Phi) is 5.03. The van der Waals surface area contributed by atoms with E-state index in [1.54, 1.807) is 6.07 Å². The van der Waals surface area contributed by atoms with Crippen LogP contribution in [0.15, 0.2) is 18.2 Å². The van der Waals surface area contributed by atoms with E-state index in [0.29, 0.717) is 35.8 Å². The first-order valence-electron chi connectivity index (χ1n) is 7.88. The molecular formula is C16H18F2N4OS. The number of amides is 1. The van der Waals surface area contributed by atoms with E-state index in [-0.39, 0.29) is 11.8 Å². The summed E-state index contributed by atoms with van der Waals surface area (Å²) in [6, 6.07) is 3.94. The minimum Gasteiger partial charge on any atom is -0.371 e. The van der Waals surface area contributed by atoms with Gasteiger partial charge in [0.2, 0.25) is 0 Å². The largest absolute Gasteiger partial charge is 0.371 e. The van der Waals surface area contributed by atoms with Crippen molar-refractivity contribution in [1.82, 2.24) is 14.9 Å². The van der Waals surface area contributed by atoms with Crippen molar-refractivity contribution >= 4 is 23.1 Å². The number of rotatable bonds is 5. The molecule has 5 nitrogen and oxygen atoms in total. The summed E-state index contributed by atoms with van der Waals surface area (Å²) in [4.78, 5) is 14.8. The molecule has 0 saturated carbocycles.